The van der Waals surface area contributed by atoms with Crippen LogP contribution in [0, 0.1) is 5.41 Å². The molecule has 2 heterocycles. The minimum absolute atomic E-state index is 0.0530. The number of amides is 1. The Morgan fingerprint density at radius 2 is 1.63 bits per heavy atom. The maximum absolute atomic E-state index is 12.9. The molecule has 1 amide bonds. The SMILES string of the molecule is N=C1/C(=C/c2cc(Cl)c(OCCOc3ccc(C4CCCCC4)cc3)c(Cl)c2)C(=O)N=C2SC(c3ccccc3Cl)=NN12. The standard InChI is InChI=1S/C32H27Cl3N4O3S/c33-25-9-5-4-8-23(25)31-38-39-29(36)24(30(40)37-32(39)43-31)16-19-17-26(34)28(27(35)18-19)42-15-14-41-22-12-10-21(11-13-22)20-6-2-1-3-7-20/h4-5,8-13,16-18,20,36H,1-3,6-7,14-15H2/b24-16-,36-29?. The number of fused-ring (bicyclic) bond motifs is 1. The molecule has 3 aromatic carbocycles. The summed E-state index contributed by atoms with van der Waals surface area (Å²) < 4.78 is 11.7. The number of benzene rings is 3. The van der Waals surface area contributed by atoms with Crippen LogP contribution in [0.5, 0.6) is 11.5 Å². The van der Waals surface area contributed by atoms with Gasteiger partial charge >= 0.3 is 0 Å². The number of hydrogen-bond acceptors (Lipinski definition) is 6. The molecule has 7 nitrogen and oxygen atoms in total. The van der Waals surface area contributed by atoms with Crippen LogP contribution in [0.25, 0.3) is 6.08 Å². The van der Waals surface area contributed by atoms with Crippen LogP contribution in [-0.2, 0) is 4.79 Å². The number of halogens is 3. The molecule has 43 heavy (non-hydrogen) atoms. The van der Waals surface area contributed by atoms with Crippen molar-refractivity contribution in [2.75, 3.05) is 13.2 Å². The van der Waals surface area contributed by atoms with Crippen molar-refractivity contribution < 1.29 is 14.3 Å². The molecule has 3 aromatic rings. The Bertz CT molecular complexity index is 1640. The second kappa shape index (κ2) is 13.1. The van der Waals surface area contributed by atoms with E-state index in [1.54, 1.807) is 18.2 Å². The number of aliphatic imine (C=N–C) groups is 1. The molecule has 0 atom stereocenters. The Morgan fingerprint density at radius 1 is 0.930 bits per heavy atom. The number of ether oxygens (including phenoxy) is 2. The first-order valence-electron chi connectivity index (χ1n) is 14.0. The number of hydrazone groups is 1. The molecule has 0 aromatic heterocycles. The van der Waals surface area contributed by atoms with Crippen molar-refractivity contribution in [2.24, 2.45) is 10.1 Å². The average Bonchev–Trinajstić information content (AvgIpc) is 3.43. The Balaban J connectivity index is 1.09. The molecule has 2 aliphatic heterocycles. The van der Waals surface area contributed by atoms with Gasteiger partial charge in [-0.3, -0.25) is 10.2 Å². The van der Waals surface area contributed by atoms with Crippen LogP contribution in [0.1, 0.15) is 54.7 Å². The molecule has 11 heteroatoms. The van der Waals surface area contributed by atoms with Gasteiger partial charge in [0.1, 0.15) is 24.0 Å². The first-order chi connectivity index (χ1) is 20.9. The molecule has 0 radical (unpaired) electrons. The first-order valence-corrected chi connectivity index (χ1v) is 15.9. The molecule has 0 saturated heterocycles. The lowest BCUT2D eigenvalue weighted by atomic mass is 9.84. The van der Waals surface area contributed by atoms with Crippen molar-refractivity contribution in [3.63, 3.8) is 0 Å². The fourth-order valence-corrected chi connectivity index (χ4v) is 7.10. The second-order valence-electron chi connectivity index (χ2n) is 10.3. The van der Waals surface area contributed by atoms with E-state index in [0.29, 0.717) is 44.6 Å². The van der Waals surface area contributed by atoms with Crippen LogP contribution in [0.3, 0.4) is 0 Å². The van der Waals surface area contributed by atoms with E-state index in [9.17, 15) is 4.79 Å². The van der Waals surface area contributed by atoms with Crippen LogP contribution in [0.2, 0.25) is 15.1 Å². The summed E-state index contributed by atoms with van der Waals surface area (Å²) in [5.74, 6) is 1.09. The van der Waals surface area contributed by atoms with E-state index < -0.39 is 5.91 Å². The van der Waals surface area contributed by atoms with Crippen molar-refractivity contribution >= 4 is 74.6 Å². The van der Waals surface area contributed by atoms with Crippen LogP contribution in [-0.4, -0.2) is 40.2 Å². The normalized spacial score (nSPS) is 18.0. The van der Waals surface area contributed by atoms with Gasteiger partial charge in [0, 0.05) is 5.56 Å². The summed E-state index contributed by atoms with van der Waals surface area (Å²) in [6.07, 6.45) is 7.99. The lowest BCUT2D eigenvalue weighted by molar-refractivity contribution is -0.114. The lowest BCUT2D eigenvalue weighted by Crippen LogP contribution is -2.35. The van der Waals surface area contributed by atoms with Crippen LogP contribution < -0.4 is 9.47 Å². The van der Waals surface area contributed by atoms with Gasteiger partial charge in [-0.25, -0.2) is 0 Å². The molecule has 1 N–H and O–H groups in total. The topological polar surface area (TPSA) is 87.3 Å². The minimum Gasteiger partial charge on any atom is -0.490 e. The molecular formula is C32H27Cl3N4O3S. The van der Waals surface area contributed by atoms with Gasteiger partial charge in [-0.05, 0) is 78.1 Å². The molecule has 220 valence electrons. The Hall–Kier alpha value is -3.30. The third-order valence-electron chi connectivity index (χ3n) is 7.45. The van der Waals surface area contributed by atoms with E-state index in [4.69, 9.17) is 49.7 Å². The van der Waals surface area contributed by atoms with Crippen molar-refractivity contribution in [3.8, 4) is 11.5 Å². The third-order valence-corrected chi connectivity index (χ3v) is 9.28. The zero-order valence-corrected chi connectivity index (χ0v) is 26.1. The lowest BCUT2D eigenvalue weighted by Gasteiger charge is -2.22. The molecule has 0 bridgehead atoms. The number of nitrogens with one attached hydrogen (secondary N) is 1. The highest BCUT2D eigenvalue weighted by molar-refractivity contribution is 8.27. The number of thioether (sulfide) groups is 1. The summed E-state index contributed by atoms with van der Waals surface area (Å²) in [7, 11) is 0. The largest absolute Gasteiger partial charge is 0.490 e. The van der Waals surface area contributed by atoms with Gasteiger partial charge in [0.25, 0.3) is 5.91 Å². The molecular weight excluding hydrogens is 627 g/mol. The predicted molar refractivity (Wildman–Crippen MR) is 175 cm³/mol. The fourth-order valence-electron chi connectivity index (χ4n) is 5.28. The maximum atomic E-state index is 12.9. The number of carbonyl (C=O) groups excluding carboxylic acids is 1. The van der Waals surface area contributed by atoms with Crippen molar-refractivity contribution in [1.82, 2.24) is 5.01 Å². The van der Waals surface area contributed by atoms with E-state index in [1.807, 2.05) is 30.3 Å². The van der Waals surface area contributed by atoms with Crippen LogP contribution >= 0.6 is 46.6 Å². The van der Waals surface area contributed by atoms with Gasteiger partial charge < -0.3 is 9.47 Å². The van der Waals surface area contributed by atoms with Crippen molar-refractivity contribution in [1.29, 1.82) is 5.41 Å². The van der Waals surface area contributed by atoms with Gasteiger partial charge in [-0.1, -0.05) is 84.4 Å². The summed E-state index contributed by atoms with van der Waals surface area (Å²) in [6, 6.07) is 18.8. The average molecular weight is 654 g/mol. The van der Waals surface area contributed by atoms with Crippen molar-refractivity contribution in [2.45, 2.75) is 38.0 Å². The summed E-state index contributed by atoms with van der Waals surface area (Å²) >= 11 is 20.5. The van der Waals surface area contributed by atoms with E-state index in [0.717, 1.165) is 5.75 Å². The third kappa shape index (κ3) is 6.63. The number of hydrogen-bond donors (Lipinski definition) is 1. The zero-order valence-electron chi connectivity index (χ0n) is 23.0. The second-order valence-corrected chi connectivity index (χ2v) is 12.5. The van der Waals surface area contributed by atoms with Gasteiger partial charge in [0.2, 0.25) is 5.17 Å². The molecule has 6 rings (SSSR count). The van der Waals surface area contributed by atoms with E-state index in [-0.39, 0.29) is 28.1 Å². The number of carbonyl (C=O) groups is 1. The predicted octanol–water partition coefficient (Wildman–Crippen LogP) is 8.82. The molecule has 0 spiro atoms. The summed E-state index contributed by atoms with van der Waals surface area (Å²) in [5.41, 5.74) is 2.65. The Kier molecular flexibility index (Phi) is 9.09. The molecule has 1 saturated carbocycles. The summed E-state index contributed by atoms with van der Waals surface area (Å²) in [4.78, 5) is 17.0. The molecule has 0 unspecified atom stereocenters. The first kappa shape index (κ1) is 29.8. The summed E-state index contributed by atoms with van der Waals surface area (Å²) in [5, 5.41) is 16.4. The van der Waals surface area contributed by atoms with E-state index >= 15 is 0 Å². The monoisotopic (exact) mass is 652 g/mol. The zero-order chi connectivity index (χ0) is 29.9. The Morgan fingerprint density at radius 3 is 2.35 bits per heavy atom. The van der Waals surface area contributed by atoms with Gasteiger partial charge in [0.05, 0.1) is 20.6 Å². The highest BCUT2D eigenvalue weighted by Crippen LogP contribution is 2.37. The highest BCUT2D eigenvalue weighted by Gasteiger charge is 2.36. The van der Waals surface area contributed by atoms with Crippen molar-refractivity contribution in [3.05, 3.63) is 98.0 Å². The van der Waals surface area contributed by atoms with Crippen LogP contribution in [0.4, 0.5) is 0 Å². The number of amidine groups is 2. The maximum Gasteiger partial charge on any atom is 0.283 e. The Labute approximate surface area is 269 Å². The molecule has 1 aliphatic carbocycles. The fraction of sp³-hybridized carbons (Fsp3) is 0.250. The minimum atomic E-state index is -0.559. The molecule has 3 aliphatic rings. The van der Waals surface area contributed by atoms with Gasteiger partial charge in [0.15, 0.2) is 11.6 Å². The van der Waals surface area contributed by atoms with Gasteiger partial charge in [-0.2, -0.15) is 15.1 Å². The summed E-state index contributed by atoms with van der Waals surface area (Å²) in [6.45, 7) is 0.557. The smallest absolute Gasteiger partial charge is 0.283 e. The van der Waals surface area contributed by atoms with Gasteiger partial charge in [-0.15, -0.1) is 0 Å². The number of nitrogens with zero attached hydrogens (tertiary/aromatic N) is 3. The van der Waals surface area contributed by atoms with Crippen LogP contribution in [0.15, 0.2) is 76.3 Å². The van der Waals surface area contributed by atoms with E-state index in [1.165, 1.54) is 60.5 Å². The highest BCUT2D eigenvalue weighted by atomic mass is 35.5. The number of rotatable bonds is 8. The van der Waals surface area contributed by atoms with E-state index in [2.05, 4.69) is 22.2 Å². The quantitative estimate of drug-likeness (QED) is 0.194. The molecule has 1 fully saturated rings.